The van der Waals surface area contributed by atoms with Gasteiger partial charge in [-0.2, -0.15) is 0 Å². The smallest absolute Gasteiger partial charge is 0.119 e. The summed E-state index contributed by atoms with van der Waals surface area (Å²) < 4.78 is 15.7. The molecule has 0 aliphatic carbocycles. The van der Waals surface area contributed by atoms with Gasteiger partial charge in [-0.3, -0.25) is 0 Å². The summed E-state index contributed by atoms with van der Waals surface area (Å²) in [5.74, 6) is 0.838. The molecule has 0 amide bonds. The molecule has 0 spiro atoms. The molecule has 17 heavy (non-hydrogen) atoms. The molecule has 0 aliphatic rings. The van der Waals surface area contributed by atoms with Gasteiger partial charge in [0.1, 0.15) is 12.4 Å². The average molecular weight is 239 g/mol. The minimum absolute atomic E-state index is 0.0569. The van der Waals surface area contributed by atoms with Crippen molar-refractivity contribution in [2.45, 2.75) is 13.0 Å². The summed E-state index contributed by atoms with van der Waals surface area (Å²) in [5.41, 5.74) is 6.86. The Bertz CT molecular complexity index is 298. The lowest BCUT2D eigenvalue weighted by molar-refractivity contribution is 0.0544. The molecule has 1 atom stereocenters. The molecule has 0 bridgehead atoms. The average Bonchev–Trinajstić information content (AvgIpc) is 2.34. The number of rotatable bonds is 8. The monoisotopic (exact) mass is 239 g/mol. The first-order valence-corrected chi connectivity index (χ1v) is 5.79. The maximum atomic E-state index is 5.76. The Kier molecular flexibility index (Phi) is 6.62. The Morgan fingerprint density at radius 3 is 2.29 bits per heavy atom. The van der Waals surface area contributed by atoms with E-state index in [-0.39, 0.29) is 6.04 Å². The molecule has 96 valence electrons. The summed E-state index contributed by atoms with van der Waals surface area (Å²) in [7, 11) is 1.65. The van der Waals surface area contributed by atoms with E-state index in [1.807, 2.05) is 31.2 Å². The quantitative estimate of drug-likeness (QED) is 0.702. The highest BCUT2D eigenvalue weighted by atomic mass is 16.5. The molecule has 1 rings (SSSR count). The molecular formula is C13H21NO3. The van der Waals surface area contributed by atoms with Crippen LogP contribution in [-0.2, 0) is 9.47 Å². The van der Waals surface area contributed by atoms with Crippen molar-refractivity contribution < 1.29 is 14.2 Å². The van der Waals surface area contributed by atoms with Crippen molar-refractivity contribution in [3.63, 3.8) is 0 Å². The van der Waals surface area contributed by atoms with Gasteiger partial charge in [0, 0.05) is 13.2 Å². The Labute approximate surface area is 103 Å². The first-order chi connectivity index (χ1) is 8.24. The standard InChI is InChI=1S/C13H21NO3/c1-11(14)12-3-5-13(6-4-12)17-10-9-16-8-7-15-2/h3-6,11H,7-10,14H2,1-2H3/t11-/m0/s1. The fourth-order valence-corrected chi connectivity index (χ4v) is 1.33. The van der Waals surface area contributed by atoms with E-state index in [0.717, 1.165) is 11.3 Å². The first-order valence-electron chi connectivity index (χ1n) is 5.79. The third-order valence-corrected chi connectivity index (χ3v) is 2.33. The molecule has 0 unspecified atom stereocenters. The molecule has 0 aliphatic heterocycles. The normalized spacial score (nSPS) is 12.4. The predicted octanol–water partition coefficient (Wildman–Crippen LogP) is 1.75. The Hall–Kier alpha value is -1.10. The van der Waals surface area contributed by atoms with Crippen molar-refractivity contribution in [2.75, 3.05) is 33.5 Å². The molecule has 2 N–H and O–H groups in total. The highest BCUT2D eigenvalue weighted by Gasteiger charge is 1.99. The molecular weight excluding hydrogens is 218 g/mol. The Morgan fingerprint density at radius 1 is 1.06 bits per heavy atom. The second-order valence-corrected chi connectivity index (χ2v) is 3.81. The summed E-state index contributed by atoms with van der Waals surface area (Å²) in [4.78, 5) is 0. The van der Waals surface area contributed by atoms with Crippen molar-refractivity contribution in [1.29, 1.82) is 0 Å². The van der Waals surface area contributed by atoms with Crippen LogP contribution in [0.15, 0.2) is 24.3 Å². The van der Waals surface area contributed by atoms with E-state index in [9.17, 15) is 0 Å². The van der Waals surface area contributed by atoms with Crippen molar-refractivity contribution >= 4 is 0 Å². The van der Waals surface area contributed by atoms with Crippen LogP contribution in [-0.4, -0.2) is 33.5 Å². The Balaban J connectivity index is 2.19. The van der Waals surface area contributed by atoms with E-state index < -0.39 is 0 Å². The van der Waals surface area contributed by atoms with Gasteiger partial charge in [0.15, 0.2) is 0 Å². The van der Waals surface area contributed by atoms with Crippen molar-refractivity contribution in [1.82, 2.24) is 0 Å². The Morgan fingerprint density at radius 2 is 1.71 bits per heavy atom. The zero-order valence-electron chi connectivity index (χ0n) is 10.5. The molecule has 0 radical (unpaired) electrons. The summed E-state index contributed by atoms with van der Waals surface area (Å²) in [6.45, 7) is 4.28. The highest BCUT2D eigenvalue weighted by Crippen LogP contribution is 2.15. The number of methoxy groups -OCH3 is 1. The molecule has 0 saturated carbocycles. The van der Waals surface area contributed by atoms with Crippen LogP contribution in [0.5, 0.6) is 5.75 Å². The van der Waals surface area contributed by atoms with Crippen LogP contribution in [0.25, 0.3) is 0 Å². The van der Waals surface area contributed by atoms with E-state index in [4.69, 9.17) is 19.9 Å². The maximum Gasteiger partial charge on any atom is 0.119 e. The lowest BCUT2D eigenvalue weighted by Crippen LogP contribution is -2.10. The van der Waals surface area contributed by atoms with E-state index in [2.05, 4.69) is 0 Å². The molecule has 0 aromatic heterocycles. The largest absolute Gasteiger partial charge is 0.491 e. The number of benzene rings is 1. The number of hydrogen-bond acceptors (Lipinski definition) is 4. The van der Waals surface area contributed by atoms with Gasteiger partial charge in [0.25, 0.3) is 0 Å². The zero-order valence-corrected chi connectivity index (χ0v) is 10.5. The van der Waals surface area contributed by atoms with E-state index >= 15 is 0 Å². The number of nitrogens with two attached hydrogens (primary N) is 1. The molecule has 1 aromatic rings. The zero-order chi connectivity index (χ0) is 12.5. The third-order valence-electron chi connectivity index (χ3n) is 2.33. The topological polar surface area (TPSA) is 53.7 Å². The van der Waals surface area contributed by atoms with Gasteiger partial charge >= 0.3 is 0 Å². The third kappa shape index (κ3) is 5.68. The summed E-state index contributed by atoms with van der Waals surface area (Å²) in [6, 6.07) is 7.86. The van der Waals surface area contributed by atoms with E-state index in [1.54, 1.807) is 7.11 Å². The van der Waals surface area contributed by atoms with Crippen LogP contribution >= 0.6 is 0 Å². The minimum Gasteiger partial charge on any atom is -0.491 e. The van der Waals surface area contributed by atoms with Gasteiger partial charge < -0.3 is 19.9 Å². The van der Waals surface area contributed by atoms with Gasteiger partial charge in [-0.05, 0) is 24.6 Å². The summed E-state index contributed by atoms with van der Waals surface area (Å²) in [5, 5.41) is 0. The maximum absolute atomic E-state index is 5.76. The molecule has 1 aromatic carbocycles. The molecule has 0 saturated heterocycles. The molecule has 0 fully saturated rings. The van der Waals surface area contributed by atoms with Crippen molar-refractivity contribution in [3.05, 3.63) is 29.8 Å². The first kappa shape index (κ1) is 14.0. The van der Waals surface area contributed by atoms with Crippen molar-refractivity contribution in [2.24, 2.45) is 5.73 Å². The van der Waals surface area contributed by atoms with Crippen LogP contribution in [0.1, 0.15) is 18.5 Å². The van der Waals surface area contributed by atoms with Gasteiger partial charge in [-0.15, -0.1) is 0 Å². The number of ether oxygens (including phenoxy) is 3. The van der Waals surface area contributed by atoms with Crippen LogP contribution in [0.4, 0.5) is 0 Å². The second-order valence-electron chi connectivity index (χ2n) is 3.81. The van der Waals surface area contributed by atoms with E-state index in [1.165, 1.54) is 0 Å². The fourth-order valence-electron chi connectivity index (χ4n) is 1.33. The van der Waals surface area contributed by atoms with Crippen LogP contribution in [0, 0.1) is 0 Å². The second kappa shape index (κ2) is 8.06. The highest BCUT2D eigenvalue weighted by molar-refractivity contribution is 5.28. The lowest BCUT2D eigenvalue weighted by Gasteiger charge is -2.09. The van der Waals surface area contributed by atoms with Gasteiger partial charge in [-0.25, -0.2) is 0 Å². The van der Waals surface area contributed by atoms with Crippen molar-refractivity contribution in [3.8, 4) is 5.75 Å². The summed E-state index contributed by atoms with van der Waals surface area (Å²) >= 11 is 0. The lowest BCUT2D eigenvalue weighted by atomic mass is 10.1. The minimum atomic E-state index is 0.0569. The van der Waals surface area contributed by atoms with Crippen LogP contribution < -0.4 is 10.5 Å². The van der Waals surface area contributed by atoms with Crippen LogP contribution in [0.2, 0.25) is 0 Å². The van der Waals surface area contributed by atoms with Crippen LogP contribution in [0.3, 0.4) is 0 Å². The van der Waals surface area contributed by atoms with Gasteiger partial charge in [0.2, 0.25) is 0 Å². The van der Waals surface area contributed by atoms with Gasteiger partial charge in [-0.1, -0.05) is 12.1 Å². The summed E-state index contributed by atoms with van der Waals surface area (Å²) in [6.07, 6.45) is 0. The molecule has 4 heteroatoms. The van der Waals surface area contributed by atoms with E-state index in [0.29, 0.717) is 26.4 Å². The fraction of sp³-hybridized carbons (Fsp3) is 0.538. The van der Waals surface area contributed by atoms with Gasteiger partial charge in [0.05, 0.1) is 19.8 Å². The molecule has 0 heterocycles. The predicted molar refractivity (Wildman–Crippen MR) is 67.2 cm³/mol. The SMILES string of the molecule is COCCOCCOc1ccc([C@H](C)N)cc1. The number of hydrogen-bond donors (Lipinski definition) is 1. The molecule has 4 nitrogen and oxygen atoms in total.